The molecule has 0 saturated heterocycles. The summed E-state index contributed by atoms with van der Waals surface area (Å²) in [5.74, 6) is 0.117. The fraction of sp³-hybridized carbons (Fsp3) is 0.118. The van der Waals surface area contributed by atoms with Gasteiger partial charge in [0.2, 0.25) is 0 Å². The van der Waals surface area contributed by atoms with Gasteiger partial charge in [-0.2, -0.15) is 0 Å². The van der Waals surface area contributed by atoms with Gasteiger partial charge in [-0.1, -0.05) is 29.4 Å². The maximum absolute atomic E-state index is 12.7. The highest BCUT2D eigenvalue weighted by molar-refractivity contribution is 7.99. The smallest absolute Gasteiger partial charge is 0.262 e. The number of nitrogens with zero attached hydrogens (tertiary/aromatic N) is 2. The Kier molecular flexibility index (Phi) is 4.87. The highest BCUT2D eigenvalue weighted by Crippen LogP contribution is 2.21. The number of rotatable bonds is 6. The number of carbonyl (C=O) groups excluding carboxylic acids is 1. The number of aromatic amines is 1. The van der Waals surface area contributed by atoms with E-state index in [4.69, 9.17) is 11.6 Å². The Morgan fingerprint density at radius 1 is 1.42 bits per heavy atom. The largest absolute Gasteiger partial charge is 0.359 e. The van der Waals surface area contributed by atoms with Crippen LogP contribution in [-0.4, -0.2) is 26.1 Å². The molecule has 1 N–H and O–H groups in total. The lowest BCUT2D eigenvalue weighted by Gasteiger charge is -2.11. The summed E-state index contributed by atoms with van der Waals surface area (Å²) in [6.07, 6.45) is 3.32. The molecule has 0 aliphatic rings. The van der Waals surface area contributed by atoms with Gasteiger partial charge in [0.05, 0.1) is 22.3 Å². The van der Waals surface area contributed by atoms with E-state index < -0.39 is 0 Å². The molecule has 3 aromatic rings. The van der Waals surface area contributed by atoms with Crippen molar-refractivity contribution in [2.24, 2.45) is 0 Å². The second-order valence-corrected chi connectivity index (χ2v) is 6.43. The van der Waals surface area contributed by atoms with E-state index >= 15 is 0 Å². The molecule has 2 heterocycles. The molecule has 0 spiro atoms. The van der Waals surface area contributed by atoms with E-state index in [9.17, 15) is 9.59 Å². The minimum absolute atomic E-state index is 0.0596. The number of halogens is 1. The monoisotopic (exact) mass is 359 g/mol. The Hall–Kier alpha value is -2.31. The van der Waals surface area contributed by atoms with Gasteiger partial charge in [0.1, 0.15) is 0 Å². The fourth-order valence-electron chi connectivity index (χ4n) is 2.29. The average molecular weight is 360 g/mol. The van der Waals surface area contributed by atoms with Crippen LogP contribution in [0.4, 0.5) is 0 Å². The molecule has 0 radical (unpaired) electrons. The zero-order valence-electron chi connectivity index (χ0n) is 12.7. The number of H-pyrrole nitrogens is 1. The molecule has 3 rings (SSSR count). The maximum atomic E-state index is 12.7. The maximum Gasteiger partial charge on any atom is 0.262 e. The molecule has 0 fully saturated rings. The van der Waals surface area contributed by atoms with Gasteiger partial charge in [0, 0.05) is 17.8 Å². The summed E-state index contributed by atoms with van der Waals surface area (Å²) in [5.41, 5.74) is 0.873. The summed E-state index contributed by atoms with van der Waals surface area (Å²) in [6, 6.07) is 8.44. The fourth-order valence-corrected chi connectivity index (χ4v) is 3.34. The zero-order valence-corrected chi connectivity index (χ0v) is 14.2. The molecule has 1 aromatic carbocycles. The molecule has 0 bridgehead atoms. The third kappa shape index (κ3) is 3.29. The first-order valence-electron chi connectivity index (χ1n) is 7.20. The predicted octanol–water partition coefficient (Wildman–Crippen LogP) is 3.54. The summed E-state index contributed by atoms with van der Waals surface area (Å²) < 4.78 is 1.51. The van der Waals surface area contributed by atoms with Crippen LogP contribution in [-0.2, 0) is 6.54 Å². The molecule has 0 aliphatic heterocycles. The van der Waals surface area contributed by atoms with E-state index in [1.165, 1.54) is 16.3 Å². The first-order valence-corrected chi connectivity index (χ1v) is 8.57. The van der Waals surface area contributed by atoms with Gasteiger partial charge in [-0.05, 0) is 30.3 Å². The lowest BCUT2D eigenvalue weighted by molar-refractivity contribution is 0.101. The van der Waals surface area contributed by atoms with Crippen LogP contribution in [0.5, 0.6) is 0 Å². The van der Waals surface area contributed by atoms with E-state index in [0.29, 0.717) is 33.3 Å². The van der Waals surface area contributed by atoms with Gasteiger partial charge in [-0.3, -0.25) is 14.2 Å². The molecule has 0 atom stereocenters. The van der Waals surface area contributed by atoms with Crippen molar-refractivity contribution >= 4 is 40.0 Å². The number of aromatic nitrogens is 3. The normalized spacial score (nSPS) is 10.9. The number of ketones is 1. The Morgan fingerprint density at radius 2 is 2.25 bits per heavy atom. The molecule has 5 nitrogen and oxygen atoms in total. The molecule has 2 aromatic heterocycles. The minimum Gasteiger partial charge on any atom is -0.359 e. The summed E-state index contributed by atoms with van der Waals surface area (Å²) >= 11 is 7.21. The lowest BCUT2D eigenvalue weighted by Crippen LogP contribution is -2.23. The molecule has 0 unspecified atom stereocenters. The second kappa shape index (κ2) is 7.07. The number of Topliss-reactive ketones (excluding diaryl/α,β-unsaturated/α-hetero) is 1. The second-order valence-electron chi connectivity index (χ2n) is 5.06. The number of allylic oxidation sites excluding steroid dienone is 1. The Labute approximate surface area is 147 Å². The number of hydrogen-bond acceptors (Lipinski definition) is 4. The molecule has 7 heteroatoms. The summed E-state index contributed by atoms with van der Waals surface area (Å²) in [5, 5.41) is 1.46. The van der Waals surface area contributed by atoms with Crippen molar-refractivity contribution in [3.63, 3.8) is 0 Å². The topological polar surface area (TPSA) is 67.8 Å². The van der Waals surface area contributed by atoms with Crippen molar-refractivity contribution in [1.82, 2.24) is 14.5 Å². The summed E-state index contributed by atoms with van der Waals surface area (Å²) in [7, 11) is 0. The van der Waals surface area contributed by atoms with Crippen LogP contribution in [0.15, 0.2) is 59.1 Å². The zero-order chi connectivity index (χ0) is 17.1. The number of benzene rings is 1. The van der Waals surface area contributed by atoms with Crippen LogP contribution in [0.2, 0.25) is 5.02 Å². The highest BCUT2D eigenvalue weighted by atomic mass is 35.5. The summed E-state index contributed by atoms with van der Waals surface area (Å²) in [6.45, 7) is 4.00. The van der Waals surface area contributed by atoms with Gasteiger partial charge in [0.25, 0.3) is 5.56 Å². The van der Waals surface area contributed by atoms with Crippen molar-refractivity contribution in [2.45, 2.75) is 11.7 Å². The van der Waals surface area contributed by atoms with E-state index in [-0.39, 0.29) is 17.1 Å². The highest BCUT2D eigenvalue weighted by Gasteiger charge is 2.14. The first kappa shape index (κ1) is 16.5. The minimum atomic E-state index is -0.175. The van der Waals surface area contributed by atoms with Gasteiger partial charge < -0.3 is 4.98 Å². The molecule has 0 aliphatic carbocycles. The Bertz CT molecular complexity index is 964. The predicted molar refractivity (Wildman–Crippen MR) is 97.1 cm³/mol. The Morgan fingerprint density at radius 3 is 2.96 bits per heavy atom. The van der Waals surface area contributed by atoms with Crippen LogP contribution >= 0.6 is 23.4 Å². The number of thioether (sulfide) groups is 1. The van der Waals surface area contributed by atoms with E-state index in [0.717, 1.165) is 0 Å². The number of nitrogens with one attached hydrogen (secondary N) is 1. The molecule has 0 saturated carbocycles. The van der Waals surface area contributed by atoms with Crippen molar-refractivity contribution in [2.75, 3.05) is 5.75 Å². The van der Waals surface area contributed by atoms with Gasteiger partial charge in [-0.25, -0.2) is 4.98 Å². The van der Waals surface area contributed by atoms with Gasteiger partial charge in [-0.15, -0.1) is 6.58 Å². The third-order valence-electron chi connectivity index (χ3n) is 3.42. The van der Waals surface area contributed by atoms with Crippen LogP contribution in [0.1, 0.15) is 10.5 Å². The van der Waals surface area contributed by atoms with Crippen molar-refractivity contribution in [3.05, 3.63) is 70.3 Å². The van der Waals surface area contributed by atoms with Crippen molar-refractivity contribution in [1.29, 1.82) is 0 Å². The average Bonchev–Trinajstić information content (AvgIpc) is 3.10. The molecule has 24 heavy (non-hydrogen) atoms. The number of hydrogen-bond donors (Lipinski definition) is 1. The van der Waals surface area contributed by atoms with Crippen LogP contribution < -0.4 is 5.56 Å². The van der Waals surface area contributed by atoms with E-state index in [2.05, 4.69) is 16.5 Å². The third-order valence-corrected chi connectivity index (χ3v) is 4.64. The first-order chi connectivity index (χ1) is 11.6. The molecular weight excluding hydrogens is 346 g/mol. The molecule has 122 valence electrons. The van der Waals surface area contributed by atoms with Gasteiger partial charge >= 0.3 is 0 Å². The van der Waals surface area contributed by atoms with Crippen LogP contribution in [0.25, 0.3) is 10.9 Å². The quantitative estimate of drug-likeness (QED) is 0.316. The van der Waals surface area contributed by atoms with Crippen LogP contribution in [0, 0.1) is 0 Å². The summed E-state index contributed by atoms with van der Waals surface area (Å²) in [4.78, 5) is 32.2. The Balaban J connectivity index is 1.98. The van der Waals surface area contributed by atoms with Gasteiger partial charge in [0.15, 0.2) is 10.9 Å². The van der Waals surface area contributed by atoms with Crippen molar-refractivity contribution < 1.29 is 4.79 Å². The SMILES string of the molecule is C=CCn1c(SCC(=O)c2ccc[nH]2)nc2cc(Cl)ccc2c1=O. The molecule has 0 amide bonds. The van der Waals surface area contributed by atoms with E-state index in [1.54, 1.807) is 42.6 Å². The van der Waals surface area contributed by atoms with Crippen molar-refractivity contribution in [3.8, 4) is 0 Å². The standard InChI is InChI=1S/C17H14ClN3O2S/c1-2-8-21-16(23)12-6-5-11(18)9-14(12)20-17(21)24-10-15(22)13-4-3-7-19-13/h2-7,9,19H,1,8,10H2. The lowest BCUT2D eigenvalue weighted by atomic mass is 10.2. The number of fused-ring (bicyclic) bond motifs is 1. The molecular formula is C17H14ClN3O2S. The number of carbonyl (C=O) groups is 1. The van der Waals surface area contributed by atoms with Crippen LogP contribution in [0.3, 0.4) is 0 Å². The van der Waals surface area contributed by atoms with E-state index in [1.807, 2.05) is 0 Å².